The molecular weight excluding hydrogens is 276 g/mol. The number of carbonyl (C=O) groups excluding carboxylic acids is 1. The molecule has 0 bridgehead atoms. The van der Waals surface area contributed by atoms with Crippen molar-refractivity contribution >= 4 is 6.03 Å². The van der Waals surface area contributed by atoms with Gasteiger partial charge in [0.25, 0.3) is 0 Å². The highest BCUT2D eigenvalue weighted by molar-refractivity contribution is 5.73. The number of rotatable bonds is 6. The highest BCUT2D eigenvalue weighted by Gasteiger charge is 2.00. The van der Waals surface area contributed by atoms with Crippen LogP contribution in [-0.4, -0.2) is 24.2 Å². The summed E-state index contributed by atoms with van der Waals surface area (Å²) in [5.74, 6) is 0.255. The van der Waals surface area contributed by atoms with Crippen molar-refractivity contribution in [3.05, 3.63) is 65.2 Å². The van der Waals surface area contributed by atoms with Crippen LogP contribution in [0.1, 0.15) is 16.7 Å². The van der Waals surface area contributed by atoms with Gasteiger partial charge in [-0.25, -0.2) is 4.79 Å². The number of carbonyl (C=O) groups is 1. The Morgan fingerprint density at radius 2 is 1.32 bits per heavy atom. The van der Waals surface area contributed by atoms with Gasteiger partial charge in [-0.3, -0.25) is 0 Å². The number of hydrogen-bond donors (Lipinski definition) is 3. The van der Waals surface area contributed by atoms with Gasteiger partial charge in [0.1, 0.15) is 5.75 Å². The number of benzene rings is 2. The average molecular weight is 298 g/mol. The van der Waals surface area contributed by atoms with Gasteiger partial charge in [-0.05, 0) is 43.0 Å². The van der Waals surface area contributed by atoms with Gasteiger partial charge >= 0.3 is 6.03 Å². The molecule has 0 fully saturated rings. The Kier molecular flexibility index (Phi) is 5.83. The standard InChI is InChI=1S/C18H22N2O2/c1-14-2-4-15(5-3-14)10-12-19-18(22)20-13-11-16-6-8-17(21)9-7-16/h2-9,21H,10-13H2,1H3,(H2,19,20,22). The maximum Gasteiger partial charge on any atom is 0.314 e. The lowest BCUT2D eigenvalue weighted by atomic mass is 10.1. The molecule has 3 N–H and O–H groups in total. The molecule has 0 saturated carbocycles. The predicted molar refractivity (Wildman–Crippen MR) is 88.1 cm³/mol. The SMILES string of the molecule is Cc1ccc(CCNC(=O)NCCc2ccc(O)cc2)cc1. The highest BCUT2D eigenvalue weighted by Crippen LogP contribution is 2.09. The van der Waals surface area contributed by atoms with Gasteiger partial charge < -0.3 is 15.7 Å². The summed E-state index contributed by atoms with van der Waals surface area (Å²) in [7, 11) is 0. The minimum absolute atomic E-state index is 0.147. The van der Waals surface area contributed by atoms with Crippen molar-refractivity contribution in [1.29, 1.82) is 0 Å². The zero-order valence-corrected chi connectivity index (χ0v) is 12.8. The number of aryl methyl sites for hydroxylation is 1. The molecular formula is C18H22N2O2. The minimum Gasteiger partial charge on any atom is -0.508 e. The zero-order valence-electron chi connectivity index (χ0n) is 12.8. The van der Waals surface area contributed by atoms with E-state index in [-0.39, 0.29) is 11.8 Å². The lowest BCUT2D eigenvalue weighted by Crippen LogP contribution is -2.37. The van der Waals surface area contributed by atoms with Crippen LogP contribution in [0.2, 0.25) is 0 Å². The van der Waals surface area contributed by atoms with Crippen LogP contribution in [0.4, 0.5) is 4.79 Å². The van der Waals surface area contributed by atoms with Gasteiger partial charge in [-0.2, -0.15) is 0 Å². The van der Waals surface area contributed by atoms with E-state index in [1.807, 2.05) is 12.1 Å². The fourth-order valence-corrected chi connectivity index (χ4v) is 2.12. The second-order valence-corrected chi connectivity index (χ2v) is 5.33. The fourth-order valence-electron chi connectivity index (χ4n) is 2.12. The third kappa shape index (κ3) is 5.48. The summed E-state index contributed by atoms with van der Waals surface area (Å²) in [6.07, 6.45) is 1.57. The van der Waals surface area contributed by atoms with E-state index >= 15 is 0 Å². The van der Waals surface area contributed by atoms with Gasteiger partial charge in [0.05, 0.1) is 0 Å². The van der Waals surface area contributed by atoms with Crippen LogP contribution in [0.25, 0.3) is 0 Å². The van der Waals surface area contributed by atoms with E-state index in [1.54, 1.807) is 12.1 Å². The number of phenolic OH excluding ortho intramolecular Hbond substituents is 1. The molecule has 0 unspecified atom stereocenters. The largest absolute Gasteiger partial charge is 0.508 e. The predicted octanol–water partition coefficient (Wildman–Crippen LogP) is 2.79. The molecule has 2 rings (SSSR count). The molecule has 0 aromatic heterocycles. The van der Waals surface area contributed by atoms with Crippen molar-refractivity contribution in [3.63, 3.8) is 0 Å². The summed E-state index contributed by atoms with van der Waals surface area (Å²) < 4.78 is 0. The summed E-state index contributed by atoms with van der Waals surface area (Å²) in [4.78, 5) is 11.7. The Balaban J connectivity index is 1.61. The van der Waals surface area contributed by atoms with Crippen molar-refractivity contribution < 1.29 is 9.90 Å². The van der Waals surface area contributed by atoms with E-state index in [4.69, 9.17) is 0 Å². The van der Waals surface area contributed by atoms with Crippen molar-refractivity contribution in [2.24, 2.45) is 0 Å². The first kappa shape index (κ1) is 15.9. The lowest BCUT2D eigenvalue weighted by molar-refractivity contribution is 0.241. The van der Waals surface area contributed by atoms with E-state index in [0.717, 1.165) is 18.4 Å². The summed E-state index contributed by atoms with van der Waals surface area (Å²) >= 11 is 0. The molecule has 0 aliphatic rings. The minimum atomic E-state index is -0.147. The van der Waals surface area contributed by atoms with Crippen molar-refractivity contribution in [3.8, 4) is 5.75 Å². The first-order chi connectivity index (χ1) is 10.6. The van der Waals surface area contributed by atoms with Crippen LogP contribution in [0.5, 0.6) is 5.75 Å². The van der Waals surface area contributed by atoms with Crippen LogP contribution >= 0.6 is 0 Å². The molecule has 22 heavy (non-hydrogen) atoms. The van der Waals surface area contributed by atoms with Crippen LogP contribution in [0.15, 0.2) is 48.5 Å². The normalized spacial score (nSPS) is 10.2. The van der Waals surface area contributed by atoms with Gasteiger partial charge in [0.15, 0.2) is 0 Å². The average Bonchev–Trinajstić information content (AvgIpc) is 2.51. The quantitative estimate of drug-likeness (QED) is 0.768. The number of aromatic hydroxyl groups is 1. The Bertz CT molecular complexity index is 538. The van der Waals surface area contributed by atoms with E-state index in [9.17, 15) is 9.90 Å². The van der Waals surface area contributed by atoms with Crippen LogP contribution in [0, 0.1) is 6.92 Å². The third-order valence-corrected chi connectivity index (χ3v) is 3.46. The molecule has 0 spiro atoms. The molecule has 0 aliphatic carbocycles. The highest BCUT2D eigenvalue weighted by atomic mass is 16.3. The Labute approximate surface area is 131 Å². The maximum atomic E-state index is 11.7. The zero-order chi connectivity index (χ0) is 15.8. The molecule has 0 radical (unpaired) electrons. The maximum absolute atomic E-state index is 11.7. The number of nitrogens with one attached hydrogen (secondary N) is 2. The lowest BCUT2D eigenvalue weighted by Gasteiger charge is -2.08. The first-order valence-corrected chi connectivity index (χ1v) is 7.48. The molecule has 2 aromatic rings. The van der Waals surface area contributed by atoms with E-state index in [0.29, 0.717) is 13.1 Å². The van der Waals surface area contributed by atoms with Gasteiger partial charge in [0, 0.05) is 13.1 Å². The molecule has 0 heterocycles. The molecule has 4 nitrogen and oxygen atoms in total. The van der Waals surface area contributed by atoms with Crippen LogP contribution in [0.3, 0.4) is 0 Å². The van der Waals surface area contributed by atoms with Crippen molar-refractivity contribution in [2.45, 2.75) is 19.8 Å². The molecule has 0 saturated heterocycles. The summed E-state index contributed by atoms with van der Waals surface area (Å²) in [5, 5.41) is 14.9. The number of hydrogen-bond acceptors (Lipinski definition) is 2. The molecule has 4 heteroatoms. The Morgan fingerprint density at radius 3 is 1.82 bits per heavy atom. The molecule has 0 atom stereocenters. The summed E-state index contributed by atoms with van der Waals surface area (Å²) in [5.41, 5.74) is 3.54. The topological polar surface area (TPSA) is 61.4 Å². The number of phenols is 1. The molecule has 116 valence electrons. The fraction of sp³-hybridized carbons (Fsp3) is 0.278. The van der Waals surface area contributed by atoms with Gasteiger partial charge in [-0.15, -0.1) is 0 Å². The van der Waals surface area contributed by atoms with E-state index in [2.05, 4.69) is 41.8 Å². The molecule has 2 amide bonds. The summed E-state index contributed by atoms with van der Waals surface area (Å²) in [6.45, 7) is 3.25. The number of urea groups is 1. The second kappa shape index (κ2) is 8.08. The second-order valence-electron chi connectivity index (χ2n) is 5.33. The van der Waals surface area contributed by atoms with E-state index in [1.165, 1.54) is 11.1 Å². The van der Waals surface area contributed by atoms with Crippen LogP contribution < -0.4 is 10.6 Å². The first-order valence-electron chi connectivity index (χ1n) is 7.48. The smallest absolute Gasteiger partial charge is 0.314 e. The van der Waals surface area contributed by atoms with E-state index < -0.39 is 0 Å². The van der Waals surface area contributed by atoms with Crippen molar-refractivity contribution in [1.82, 2.24) is 10.6 Å². The van der Waals surface area contributed by atoms with Gasteiger partial charge in [-0.1, -0.05) is 42.0 Å². The van der Waals surface area contributed by atoms with Gasteiger partial charge in [0.2, 0.25) is 0 Å². The molecule has 0 aliphatic heterocycles. The summed E-state index contributed by atoms with van der Waals surface area (Å²) in [6, 6.07) is 15.2. The van der Waals surface area contributed by atoms with Crippen molar-refractivity contribution in [2.75, 3.05) is 13.1 Å². The molecule has 2 aromatic carbocycles. The Morgan fingerprint density at radius 1 is 0.864 bits per heavy atom. The number of amides is 2. The third-order valence-electron chi connectivity index (χ3n) is 3.46. The van der Waals surface area contributed by atoms with Crippen LogP contribution in [-0.2, 0) is 12.8 Å². The Hall–Kier alpha value is -2.49. The monoisotopic (exact) mass is 298 g/mol.